The summed E-state index contributed by atoms with van der Waals surface area (Å²) in [6.07, 6.45) is 4.45. The maximum absolute atomic E-state index is 12.9. The number of hydrogen-bond donors (Lipinski definition) is 1. The second kappa shape index (κ2) is 8.55. The van der Waals surface area contributed by atoms with Crippen LogP contribution in [0.4, 0.5) is 5.69 Å². The Morgan fingerprint density at radius 1 is 1.18 bits per heavy atom. The third-order valence-corrected chi connectivity index (χ3v) is 9.04. The first-order valence-corrected chi connectivity index (χ1v) is 12.5. The molecule has 3 fully saturated rings. The standard InChI is InChI=1S/C27H36N2O4/c1-17-5-4-6-20-15-23-24(25(31)27(17,20)3)22(26(32)33-23)16-28-11-13-29(14-12-28)21-9-7-19(8-10-21)18(2)30/h6-10,17,22-25,31H,4-5,11-16H2,1-3H3/t17-,22-,23+,24+,25-,27+/m0/s1. The van der Waals surface area contributed by atoms with Gasteiger partial charge in [-0.2, -0.15) is 0 Å². The quantitative estimate of drug-likeness (QED) is 0.430. The molecule has 0 bridgehead atoms. The predicted molar refractivity (Wildman–Crippen MR) is 127 cm³/mol. The third-order valence-electron chi connectivity index (χ3n) is 9.04. The fourth-order valence-corrected chi connectivity index (χ4v) is 6.65. The molecular weight excluding hydrogens is 416 g/mol. The summed E-state index contributed by atoms with van der Waals surface area (Å²) in [5.41, 5.74) is 2.89. The van der Waals surface area contributed by atoms with Crippen LogP contribution in [0, 0.1) is 23.2 Å². The summed E-state index contributed by atoms with van der Waals surface area (Å²) >= 11 is 0. The Morgan fingerprint density at radius 2 is 1.88 bits per heavy atom. The molecule has 6 atom stereocenters. The molecule has 1 N–H and O–H groups in total. The van der Waals surface area contributed by atoms with E-state index in [0.29, 0.717) is 12.5 Å². The highest BCUT2D eigenvalue weighted by Crippen LogP contribution is 2.56. The topological polar surface area (TPSA) is 70.1 Å². The summed E-state index contributed by atoms with van der Waals surface area (Å²) in [7, 11) is 0. The minimum atomic E-state index is -0.546. The maximum Gasteiger partial charge on any atom is 0.311 e. The van der Waals surface area contributed by atoms with E-state index >= 15 is 0 Å². The molecule has 178 valence electrons. The van der Waals surface area contributed by atoms with Crippen LogP contribution in [-0.2, 0) is 9.53 Å². The monoisotopic (exact) mass is 452 g/mol. The van der Waals surface area contributed by atoms with Gasteiger partial charge in [0.05, 0.1) is 12.0 Å². The Hall–Kier alpha value is -2.18. The smallest absolute Gasteiger partial charge is 0.311 e. The van der Waals surface area contributed by atoms with Crippen molar-refractivity contribution in [1.29, 1.82) is 0 Å². The third kappa shape index (κ3) is 3.81. The van der Waals surface area contributed by atoms with Gasteiger partial charge in [-0.15, -0.1) is 0 Å². The van der Waals surface area contributed by atoms with Crippen molar-refractivity contribution >= 4 is 17.4 Å². The van der Waals surface area contributed by atoms with Crippen LogP contribution in [0.25, 0.3) is 0 Å². The van der Waals surface area contributed by atoms with Crippen molar-refractivity contribution in [2.24, 2.45) is 23.2 Å². The van der Waals surface area contributed by atoms with Crippen LogP contribution in [0.5, 0.6) is 0 Å². The van der Waals surface area contributed by atoms with Crippen molar-refractivity contribution in [3.63, 3.8) is 0 Å². The van der Waals surface area contributed by atoms with E-state index in [2.05, 4.69) is 29.7 Å². The van der Waals surface area contributed by atoms with Crippen molar-refractivity contribution < 1.29 is 19.4 Å². The number of carbonyl (C=O) groups is 2. The zero-order chi connectivity index (χ0) is 23.3. The number of aliphatic hydroxyl groups excluding tert-OH is 1. The normalized spacial score (nSPS) is 36.6. The highest BCUT2D eigenvalue weighted by Gasteiger charge is 2.59. The number of hydrogen-bond acceptors (Lipinski definition) is 6. The number of piperazine rings is 1. The number of aliphatic hydroxyl groups is 1. The summed E-state index contributed by atoms with van der Waals surface area (Å²) < 4.78 is 5.84. The molecule has 2 heterocycles. The van der Waals surface area contributed by atoms with Gasteiger partial charge in [0.2, 0.25) is 0 Å². The van der Waals surface area contributed by atoms with Crippen LogP contribution in [0.15, 0.2) is 35.9 Å². The predicted octanol–water partition coefficient (Wildman–Crippen LogP) is 3.30. The number of fused-ring (bicyclic) bond motifs is 2. The Labute approximate surface area is 196 Å². The molecule has 0 amide bonds. The molecule has 2 aliphatic heterocycles. The number of ether oxygens (including phenoxy) is 1. The molecule has 2 saturated heterocycles. The molecule has 0 spiro atoms. The number of anilines is 1. The van der Waals surface area contributed by atoms with Crippen LogP contribution in [-0.4, -0.2) is 66.7 Å². The minimum Gasteiger partial charge on any atom is -0.461 e. The van der Waals surface area contributed by atoms with Crippen LogP contribution in [0.3, 0.4) is 0 Å². The maximum atomic E-state index is 12.9. The second-order valence-corrected chi connectivity index (χ2v) is 10.7. The number of benzene rings is 1. The first-order chi connectivity index (χ1) is 15.8. The highest BCUT2D eigenvalue weighted by molar-refractivity contribution is 5.94. The minimum absolute atomic E-state index is 0.0807. The van der Waals surface area contributed by atoms with Gasteiger partial charge in [-0.05, 0) is 49.9 Å². The number of nitrogens with zero attached hydrogens (tertiary/aromatic N) is 2. The fraction of sp³-hybridized carbons (Fsp3) is 0.630. The summed E-state index contributed by atoms with van der Waals surface area (Å²) in [6, 6.07) is 7.80. The van der Waals surface area contributed by atoms with Crippen LogP contribution in [0.2, 0.25) is 0 Å². The summed E-state index contributed by atoms with van der Waals surface area (Å²) in [5.74, 6) is -0.0436. The van der Waals surface area contributed by atoms with E-state index in [0.717, 1.165) is 56.7 Å². The van der Waals surface area contributed by atoms with Gasteiger partial charge in [0.15, 0.2) is 5.78 Å². The lowest BCUT2D eigenvalue weighted by Crippen LogP contribution is -2.55. The highest BCUT2D eigenvalue weighted by atomic mass is 16.6. The van der Waals surface area contributed by atoms with Crippen molar-refractivity contribution in [2.45, 2.75) is 52.2 Å². The van der Waals surface area contributed by atoms with Gasteiger partial charge >= 0.3 is 5.97 Å². The largest absolute Gasteiger partial charge is 0.461 e. The molecule has 1 aromatic rings. The van der Waals surface area contributed by atoms with Crippen molar-refractivity contribution in [3.8, 4) is 0 Å². The molecular formula is C27H36N2O4. The lowest BCUT2D eigenvalue weighted by molar-refractivity contribution is -0.145. The Morgan fingerprint density at radius 3 is 2.55 bits per heavy atom. The number of esters is 1. The van der Waals surface area contributed by atoms with Gasteiger partial charge in [-0.25, -0.2) is 0 Å². The fourth-order valence-electron chi connectivity index (χ4n) is 6.65. The number of ketones is 1. The number of carbonyl (C=O) groups excluding carboxylic acids is 2. The average molecular weight is 453 g/mol. The Kier molecular flexibility index (Phi) is 5.86. The first-order valence-electron chi connectivity index (χ1n) is 12.5. The van der Waals surface area contributed by atoms with E-state index in [9.17, 15) is 14.7 Å². The number of Topliss-reactive ketones (excluding diaryl/α,β-unsaturated/α-hetero) is 1. The van der Waals surface area contributed by atoms with E-state index in [1.54, 1.807) is 6.92 Å². The Balaban J connectivity index is 1.25. The van der Waals surface area contributed by atoms with Gasteiger partial charge in [0.1, 0.15) is 6.10 Å². The number of allylic oxidation sites excluding steroid dienone is 1. The number of rotatable bonds is 4. The second-order valence-electron chi connectivity index (χ2n) is 10.7. The van der Waals surface area contributed by atoms with Gasteiger partial charge in [0, 0.05) is 61.7 Å². The van der Waals surface area contributed by atoms with E-state index in [-0.39, 0.29) is 35.1 Å². The van der Waals surface area contributed by atoms with Crippen LogP contribution < -0.4 is 4.90 Å². The van der Waals surface area contributed by atoms with Crippen molar-refractivity contribution in [2.75, 3.05) is 37.6 Å². The molecule has 0 radical (unpaired) electrons. The van der Waals surface area contributed by atoms with Gasteiger partial charge < -0.3 is 14.7 Å². The molecule has 1 aromatic carbocycles. The molecule has 0 aromatic heterocycles. The van der Waals surface area contributed by atoms with Crippen molar-refractivity contribution in [1.82, 2.24) is 4.90 Å². The molecule has 0 unspecified atom stereocenters. The summed E-state index contributed by atoms with van der Waals surface area (Å²) in [5, 5.41) is 11.6. The first kappa shape index (κ1) is 22.6. The molecule has 33 heavy (non-hydrogen) atoms. The van der Waals surface area contributed by atoms with Gasteiger partial charge in [-0.3, -0.25) is 14.5 Å². The van der Waals surface area contributed by atoms with Gasteiger partial charge in [0.25, 0.3) is 0 Å². The molecule has 5 rings (SSSR count). The lowest BCUT2D eigenvalue weighted by atomic mass is 9.55. The summed E-state index contributed by atoms with van der Waals surface area (Å²) in [4.78, 5) is 29.1. The van der Waals surface area contributed by atoms with Crippen LogP contribution >= 0.6 is 0 Å². The van der Waals surface area contributed by atoms with Gasteiger partial charge in [-0.1, -0.05) is 25.5 Å². The molecule has 2 aliphatic carbocycles. The van der Waals surface area contributed by atoms with Crippen molar-refractivity contribution in [3.05, 3.63) is 41.5 Å². The molecule has 6 heteroatoms. The summed E-state index contributed by atoms with van der Waals surface area (Å²) in [6.45, 7) is 10.2. The van der Waals surface area contributed by atoms with E-state index in [4.69, 9.17) is 4.74 Å². The molecule has 6 nitrogen and oxygen atoms in total. The zero-order valence-corrected chi connectivity index (χ0v) is 20.0. The van der Waals surface area contributed by atoms with E-state index < -0.39 is 6.10 Å². The van der Waals surface area contributed by atoms with Crippen LogP contribution in [0.1, 0.15) is 50.4 Å². The Bertz CT molecular complexity index is 949. The molecule has 1 saturated carbocycles. The average Bonchev–Trinajstić information content (AvgIpc) is 3.11. The SMILES string of the molecule is CC(=O)c1ccc(N2CCN(C[C@@H]3C(=O)O[C@@H]4CC5=CCC[C@H](C)[C@@]5(C)[C@@H](O)[C@H]34)CC2)cc1. The zero-order valence-electron chi connectivity index (χ0n) is 20.0. The van der Waals surface area contributed by atoms with E-state index in [1.165, 1.54) is 5.57 Å². The lowest BCUT2D eigenvalue weighted by Gasteiger charge is -2.52. The molecule has 4 aliphatic rings. The van der Waals surface area contributed by atoms with E-state index in [1.807, 2.05) is 24.3 Å².